The lowest BCUT2D eigenvalue weighted by molar-refractivity contribution is 0.111. The number of carbonyl (C=O) groups is 1. The van der Waals surface area contributed by atoms with Crippen molar-refractivity contribution in [3.8, 4) is 0 Å². The molecule has 0 bridgehead atoms. The van der Waals surface area contributed by atoms with Gasteiger partial charge in [-0.25, -0.2) is 8.78 Å². The van der Waals surface area contributed by atoms with E-state index in [-0.39, 0.29) is 15.7 Å². The first kappa shape index (κ1) is 11.7. The monoisotopic (exact) mass is 327 g/mol. The summed E-state index contributed by atoms with van der Waals surface area (Å²) in [7, 11) is 0. The SMILES string of the molecule is O=Cc1ncc(C(F)F)c(Br)c1CBr. The molecule has 1 rings (SSSR count). The molecule has 6 heteroatoms. The van der Waals surface area contributed by atoms with E-state index in [4.69, 9.17) is 0 Å². The van der Waals surface area contributed by atoms with Gasteiger partial charge in [-0.2, -0.15) is 0 Å². The predicted molar refractivity (Wildman–Crippen MR) is 54.9 cm³/mol. The van der Waals surface area contributed by atoms with E-state index in [1.165, 1.54) is 0 Å². The first-order valence-corrected chi connectivity index (χ1v) is 5.49. The van der Waals surface area contributed by atoms with E-state index in [1.807, 2.05) is 0 Å². The standard InChI is InChI=1S/C8H5Br2F2NO/c9-1-4-6(3-14)13-2-5(7(4)10)8(11)12/h2-3,8H,1H2. The van der Waals surface area contributed by atoms with Crippen LogP contribution in [0.4, 0.5) is 8.78 Å². The van der Waals surface area contributed by atoms with E-state index in [9.17, 15) is 13.6 Å². The molecule has 0 aliphatic carbocycles. The summed E-state index contributed by atoms with van der Waals surface area (Å²) in [6.45, 7) is 0. The second-order valence-electron chi connectivity index (χ2n) is 2.44. The number of aromatic nitrogens is 1. The fourth-order valence-electron chi connectivity index (χ4n) is 0.941. The molecule has 1 aromatic rings. The molecule has 1 aromatic heterocycles. The van der Waals surface area contributed by atoms with Crippen LogP contribution in [0.15, 0.2) is 10.7 Å². The maximum atomic E-state index is 12.4. The van der Waals surface area contributed by atoms with Crippen molar-refractivity contribution in [1.82, 2.24) is 4.98 Å². The molecule has 14 heavy (non-hydrogen) atoms. The quantitative estimate of drug-likeness (QED) is 0.628. The summed E-state index contributed by atoms with van der Waals surface area (Å²) in [6, 6.07) is 0. The first-order chi connectivity index (χ1) is 6.61. The number of halogens is 4. The van der Waals surface area contributed by atoms with Crippen LogP contribution in [0, 0.1) is 0 Å². The highest BCUT2D eigenvalue weighted by Gasteiger charge is 2.17. The molecule has 0 spiro atoms. The van der Waals surface area contributed by atoms with Gasteiger partial charge >= 0.3 is 0 Å². The number of nitrogens with zero attached hydrogens (tertiary/aromatic N) is 1. The minimum absolute atomic E-state index is 0.165. The van der Waals surface area contributed by atoms with Gasteiger partial charge in [-0.1, -0.05) is 15.9 Å². The third-order valence-electron chi connectivity index (χ3n) is 1.65. The molecule has 0 amide bonds. The molecule has 0 aromatic carbocycles. The van der Waals surface area contributed by atoms with E-state index in [1.54, 1.807) is 0 Å². The van der Waals surface area contributed by atoms with Crippen molar-refractivity contribution in [3.05, 3.63) is 27.5 Å². The van der Waals surface area contributed by atoms with Gasteiger partial charge in [-0.3, -0.25) is 9.78 Å². The van der Waals surface area contributed by atoms with Gasteiger partial charge in [0, 0.05) is 21.6 Å². The second kappa shape index (κ2) is 4.93. The molecule has 0 aliphatic rings. The minimum Gasteiger partial charge on any atom is -0.296 e. The van der Waals surface area contributed by atoms with Crippen LogP contribution in [0.3, 0.4) is 0 Å². The molecule has 0 N–H and O–H groups in total. The average molecular weight is 329 g/mol. The average Bonchev–Trinajstić information content (AvgIpc) is 2.16. The van der Waals surface area contributed by atoms with Crippen molar-refractivity contribution in [2.24, 2.45) is 0 Å². The molecular formula is C8H5Br2F2NO. The molecule has 0 radical (unpaired) electrons. The zero-order chi connectivity index (χ0) is 10.7. The number of carbonyl (C=O) groups excluding carboxylic acids is 1. The van der Waals surface area contributed by atoms with Gasteiger partial charge in [-0.05, 0) is 15.9 Å². The van der Waals surface area contributed by atoms with Gasteiger partial charge in [0.25, 0.3) is 6.43 Å². The lowest BCUT2D eigenvalue weighted by Crippen LogP contribution is -2.00. The molecule has 2 nitrogen and oxygen atoms in total. The van der Waals surface area contributed by atoms with Crippen LogP contribution >= 0.6 is 31.9 Å². The number of rotatable bonds is 3. The van der Waals surface area contributed by atoms with E-state index in [0.717, 1.165) is 6.20 Å². The van der Waals surface area contributed by atoms with Gasteiger partial charge in [0.2, 0.25) is 0 Å². The fraction of sp³-hybridized carbons (Fsp3) is 0.250. The Labute approximate surface area is 96.0 Å². The third kappa shape index (κ3) is 2.17. The number of pyridine rings is 1. The smallest absolute Gasteiger partial charge is 0.266 e. The van der Waals surface area contributed by atoms with Gasteiger partial charge in [0.05, 0.1) is 5.56 Å². The Morgan fingerprint density at radius 2 is 2.21 bits per heavy atom. The molecule has 0 aliphatic heterocycles. The molecule has 76 valence electrons. The largest absolute Gasteiger partial charge is 0.296 e. The molecule has 0 saturated carbocycles. The van der Waals surface area contributed by atoms with E-state index in [0.29, 0.717) is 17.2 Å². The summed E-state index contributed by atoms with van der Waals surface area (Å²) in [5.74, 6) is 0. The number of hydrogen-bond acceptors (Lipinski definition) is 2. The van der Waals surface area contributed by atoms with Crippen LogP contribution in [0.1, 0.15) is 28.0 Å². The van der Waals surface area contributed by atoms with Crippen molar-refractivity contribution < 1.29 is 13.6 Å². The summed E-state index contributed by atoms with van der Waals surface area (Å²) in [5.41, 5.74) is 0.404. The molecule has 0 saturated heterocycles. The van der Waals surface area contributed by atoms with Crippen LogP contribution in [0.5, 0.6) is 0 Å². The van der Waals surface area contributed by atoms with Crippen molar-refractivity contribution in [2.75, 3.05) is 0 Å². The Bertz CT molecular complexity index is 357. The lowest BCUT2D eigenvalue weighted by Gasteiger charge is -2.08. The Hall–Kier alpha value is -0.360. The summed E-state index contributed by atoms with van der Waals surface area (Å²) in [6.07, 6.45) is -1.06. The summed E-state index contributed by atoms with van der Waals surface area (Å²) in [4.78, 5) is 14.2. The summed E-state index contributed by atoms with van der Waals surface area (Å²) >= 11 is 6.13. The molecule has 1 heterocycles. The van der Waals surface area contributed by atoms with Gasteiger partial charge in [0.15, 0.2) is 6.29 Å². The normalized spacial score (nSPS) is 10.6. The minimum atomic E-state index is -2.60. The van der Waals surface area contributed by atoms with Crippen LogP contribution < -0.4 is 0 Å². The lowest BCUT2D eigenvalue weighted by atomic mass is 10.1. The predicted octanol–water partition coefficient (Wildman–Crippen LogP) is 3.49. The second-order valence-corrected chi connectivity index (χ2v) is 3.80. The maximum absolute atomic E-state index is 12.4. The molecule has 0 atom stereocenters. The van der Waals surface area contributed by atoms with Crippen LogP contribution in [-0.2, 0) is 5.33 Å². The van der Waals surface area contributed by atoms with Crippen molar-refractivity contribution >= 4 is 38.1 Å². The Balaban J connectivity index is 3.34. The maximum Gasteiger partial charge on any atom is 0.266 e. The summed E-state index contributed by atoms with van der Waals surface area (Å²) < 4.78 is 25.0. The third-order valence-corrected chi connectivity index (χ3v) is 3.15. The zero-order valence-electron chi connectivity index (χ0n) is 6.81. The number of alkyl halides is 3. The fourth-order valence-corrected chi connectivity index (χ4v) is 2.50. The highest BCUT2D eigenvalue weighted by atomic mass is 79.9. The van der Waals surface area contributed by atoms with Crippen molar-refractivity contribution in [2.45, 2.75) is 11.8 Å². The van der Waals surface area contributed by atoms with Crippen molar-refractivity contribution in [1.29, 1.82) is 0 Å². The van der Waals surface area contributed by atoms with Gasteiger partial charge in [-0.15, -0.1) is 0 Å². The Morgan fingerprint density at radius 3 is 2.64 bits per heavy atom. The topological polar surface area (TPSA) is 30.0 Å². The van der Waals surface area contributed by atoms with Crippen LogP contribution in [-0.4, -0.2) is 11.3 Å². The summed E-state index contributed by atoms with van der Waals surface area (Å²) in [5, 5.41) is 0.301. The highest BCUT2D eigenvalue weighted by Crippen LogP contribution is 2.31. The van der Waals surface area contributed by atoms with E-state index in [2.05, 4.69) is 36.8 Å². The van der Waals surface area contributed by atoms with Crippen LogP contribution in [0.25, 0.3) is 0 Å². The molecule has 0 unspecified atom stereocenters. The van der Waals surface area contributed by atoms with Crippen molar-refractivity contribution in [3.63, 3.8) is 0 Å². The van der Waals surface area contributed by atoms with E-state index >= 15 is 0 Å². The number of aldehydes is 1. The Morgan fingerprint density at radius 1 is 1.57 bits per heavy atom. The number of hydrogen-bond donors (Lipinski definition) is 0. The molecule has 0 fully saturated rings. The highest BCUT2D eigenvalue weighted by molar-refractivity contribution is 9.10. The van der Waals surface area contributed by atoms with Gasteiger partial charge < -0.3 is 0 Å². The van der Waals surface area contributed by atoms with E-state index < -0.39 is 6.43 Å². The zero-order valence-corrected chi connectivity index (χ0v) is 9.98. The Kier molecular flexibility index (Phi) is 4.12. The van der Waals surface area contributed by atoms with Gasteiger partial charge in [0.1, 0.15) is 5.69 Å². The first-order valence-electron chi connectivity index (χ1n) is 3.58. The molecular weight excluding hydrogens is 324 g/mol. The van der Waals surface area contributed by atoms with Crippen LogP contribution in [0.2, 0.25) is 0 Å².